The fraction of sp³-hybridized carbons (Fsp3) is 0.222. The van der Waals surface area contributed by atoms with Crippen molar-refractivity contribution in [2.24, 2.45) is 0 Å². The number of benzene rings is 3. The van der Waals surface area contributed by atoms with Crippen molar-refractivity contribution in [2.45, 2.75) is 18.9 Å². The molecule has 3 aromatic carbocycles. The van der Waals surface area contributed by atoms with Crippen LogP contribution < -0.4 is 20.3 Å². The summed E-state index contributed by atoms with van der Waals surface area (Å²) in [6.45, 7) is 0.367. The van der Waals surface area contributed by atoms with Crippen LogP contribution in [0.3, 0.4) is 0 Å². The summed E-state index contributed by atoms with van der Waals surface area (Å²) in [6, 6.07) is 23.7. The van der Waals surface area contributed by atoms with Crippen molar-refractivity contribution in [3.05, 3.63) is 101 Å². The molecule has 0 saturated carbocycles. The standard InChI is InChI=1S/C27H27N3O4/c1-33-24-15-22-23(16-25(24)34-2)29-18-30(27(22)32)17-26(31)28-14-13-21(19-9-5-3-6-10-19)20-11-7-4-8-12-20/h3-12,15-16,18,21H,13-14,17H2,1-2H3,(H,28,31). The number of nitrogens with one attached hydrogen (secondary N) is 1. The van der Waals surface area contributed by atoms with Crippen LogP contribution in [0.2, 0.25) is 0 Å². The van der Waals surface area contributed by atoms with Crippen LogP contribution in [0.4, 0.5) is 0 Å². The second-order valence-electron chi connectivity index (χ2n) is 7.91. The van der Waals surface area contributed by atoms with Crippen LogP contribution in [0.25, 0.3) is 10.9 Å². The van der Waals surface area contributed by atoms with Crippen molar-refractivity contribution in [3.8, 4) is 11.5 Å². The molecule has 7 heteroatoms. The molecule has 1 amide bonds. The minimum Gasteiger partial charge on any atom is -0.493 e. The van der Waals surface area contributed by atoms with E-state index in [0.717, 1.165) is 6.42 Å². The zero-order valence-corrected chi connectivity index (χ0v) is 19.2. The SMILES string of the molecule is COc1cc2ncn(CC(=O)NCCC(c3ccccc3)c3ccccc3)c(=O)c2cc1OC. The van der Waals surface area contributed by atoms with Crippen LogP contribution in [0.1, 0.15) is 23.5 Å². The Morgan fingerprint density at radius 1 is 0.941 bits per heavy atom. The molecule has 1 aromatic heterocycles. The average Bonchev–Trinajstić information content (AvgIpc) is 2.88. The zero-order chi connectivity index (χ0) is 23.9. The lowest BCUT2D eigenvalue weighted by molar-refractivity contribution is -0.121. The Kier molecular flexibility index (Phi) is 7.22. The van der Waals surface area contributed by atoms with Crippen LogP contribution in [0.15, 0.2) is 83.9 Å². The van der Waals surface area contributed by atoms with E-state index >= 15 is 0 Å². The van der Waals surface area contributed by atoms with Gasteiger partial charge in [0.25, 0.3) is 5.56 Å². The zero-order valence-electron chi connectivity index (χ0n) is 19.2. The van der Waals surface area contributed by atoms with Gasteiger partial charge >= 0.3 is 0 Å². The van der Waals surface area contributed by atoms with Gasteiger partial charge in [-0.05, 0) is 23.6 Å². The lowest BCUT2D eigenvalue weighted by Gasteiger charge is -2.18. The second-order valence-corrected chi connectivity index (χ2v) is 7.91. The molecule has 7 nitrogen and oxygen atoms in total. The maximum absolute atomic E-state index is 12.9. The van der Waals surface area contributed by atoms with Crippen LogP contribution in [-0.4, -0.2) is 36.2 Å². The van der Waals surface area contributed by atoms with Gasteiger partial charge in [0.05, 0.1) is 31.4 Å². The summed E-state index contributed by atoms with van der Waals surface area (Å²) in [5.74, 6) is 0.839. The molecule has 0 radical (unpaired) electrons. The Labute approximate surface area is 198 Å². The lowest BCUT2D eigenvalue weighted by Crippen LogP contribution is -2.33. The number of fused-ring (bicyclic) bond motifs is 1. The van der Waals surface area contributed by atoms with Crippen molar-refractivity contribution in [2.75, 3.05) is 20.8 Å². The highest BCUT2D eigenvalue weighted by Gasteiger charge is 2.15. The number of methoxy groups -OCH3 is 2. The number of amides is 1. The van der Waals surface area contributed by atoms with E-state index in [-0.39, 0.29) is 23.9 Å². The van der Waals surface area contributed by atoms with Gasteiger partial charge in [-0.25, -0.2) is 4.98 Å². The van der Waals surface area contributed by atoms with E-state index in [1.807, 2.05) is 36.4 Å². The Morgan fingerprint density at radius 2 is 1.53 bits per heavy atom. The van der Waals surface area contributed by atoms with Crippen molar-refractivity contribution in [1.82, 2.24) is 14.9 Å². The largest absolute Gasteiger partial charge is 0.493 e. The lowest BCUT2D eigenvalue weighted by atomic mass is 9.88. The molecular weight excluding hydrogens is 430 g/mol. The number of nitrogens with zero attached hydrogens (tertiary/aromatic N) is 2. The topological polar surface area (TPSA) is 82.5 Å². The molecule has 0 bridgehead atoms. The number of hydrogen-bond acceptors (Lipinski definition) is 5. The van der Waals surface area contributed by atoms with Crippen molar-refractivity contribution in [1.29, 1.82) is 0 Å². The molecule has 1 N–H and O–H groups in total. The maximum atomic E-state index is 12.9. The number of ether oxygens (including phenoxy) is 2. The summed E-state index contributed by atoms with van der Waals surface area (Å²) in [7, 11) is 3.03. The third-order valence-electron chi connectivity index (χ3n) is 5.80. The van der Waals surface area contributed by atoms with Crippen LogP contribution >= 0.6 is 0 Å². The monoisotopic (exact) mass is 457 g/mol. The van der Waals surface area contributed by atoms with Gasteiger partial charge in [0.1, 0.15) is 6.54 Å². The smallest absolute Gasteiger partial charge is 0.261 e. The van der Waals surface area contributed by atoms with Gasteiger partial charge in [-0.3, -0.25) is 14.2 Å². The number of carbonyl (C=O) groups excluding carboxylic acids is 1. The molecule has 34 heavy (non-hydrogen) atoms. The highest BCUT2D eigenvalue weighted by atomic mass is 16.5. The molecule has 0 aliphatic heterocycles. The van der Waals surface area contributed by atoms with Crippen molar-refractivity contribution < 1.29 is 14.3 Å². The minimum atomic E-state index is -0.312. The summed E-state index contributed by atoms with van der Waals surface area (Å²) in [4.78, 5) is 29.9. The normalized spacial score (nSPS) is 10.9. The molecule has 4 aromatic rings. The van der Waals surface area contributed by atoms with Gasteiger partial charge in [-0.15, -0.1) is 0 Å². The van der Waals surface area contributed by atoms with Gasteiger partial charge in [-0.1, -0.05) is 60.7 Å². The predicted molar refractivity (Wildman–Crippen MR) is 131 cm³/mol. The molecule has 0 atom stereocenters. The van der Waals surface area contributed by atoms with Crippen LogP contribution in [0.5, 0.6) is 11.5 Å². The van der Waals surface area contributed by atoms with E-state index in [4.69, 9.17) is 9.47 Å². The third kappa shape index (κ3) is 5.09. The van der Waals surface area contributed by atoms with Gasteiger partial charge in [0.15, 0.2) is 11.5 Å². The highest BCUT2D eigenvalue weighted by molar-refractivity contribution is 5.82. The average molecular weight is 458 g/mol. The third-order valence-corrected chi connectivity index (χ3v) is 5.80. The minimum absolute atomic E-state index is 0.114. The van der Waals surface area contributed by atoms with Gasteiger partial charge in [-0.2, -0.15) is 0 Å². The first-order valence-electron chi connectivity index (χ1n) is 11.1. The first kappa shape index (κ1) is 23.0. The van der Waals surface area contributed by atoms with E-state index in [9.17, 15) is 9.59 Å². The van der Waals surface area contributed by atoms with E-state index in [1.54, 1.807) is 12.1 Å². The Hall–Kier alpha value is -4.13. The summed E-state index contributed by atoms with van der Waals surface area (Å²) in [5.41, 5.74) is 2.56. The number of aromatic nitrogens is 2. The van der Waals surface area contributed by atoms with Gasteiger partial charge in [0, 0.05) is 18.5 Å². The van der Waals surface area contributed by atoms with Gasteiger partial charge in [0.2, 0.25) is 5.91 Å². The Bertz CT molecular complexity index is 1280. The van der Waals surface area contributed by atoms with E-state index < -0.39 is 0 Å². The summed E-state index contributed by atoms with van der Waals surface area (Å²) in [6.07, 6.45) is 2.12. The molecule has 0 fully saturated rings. The summed E-state index contributed by atoms with van der Waals surface area (Å²) >= 11 is 0. The van der Waals surface area contributed by atoms with E-state index in [1.165, 1.54) is 36.2 Å². The van der Waals surface area contributed by atoms with Crippen LogP contribution in [0, 0.1) is 0 Å². The number of hydrogen-bond donors (Lipinski definition) is 1. The first-order chi connectivity index (χ1) is 16.6. The molecule has 1 heterocycles. The molecule has 0 aliphatic rings. The highest BCUT2D eigenvalue weighted by Crippen LogP contribution is 2.30. The van der Waals surface area contributed by atoms with Crippen LogP contribution in [-0.2, 0) is 11.3 Å². The molecule has 0 saturated heterocycles. The molecular formula is C27H27N3O4. The number of carbonyl (C=O) groups is 1. The molecule has 0 aliphatic carbocycles. The summed E-state index contributed by atoms with van der Waals surface area (Å²) < 4.78 is 11.9. The molecule has 0 spiro atoms. The van der Waals surface area contributed by atoms with Crippen molar-refractivity contribution >= 4 is 16.8 Å². The van der Waals surface area contributed by atoms with Crippen molar-refractivity contribution in [3.63, 3.8) is 0 Å². The number of rotatable bonds is 9. The summed E-state index contributed by atoms with van der Waals surface area (Å²) in [5, 5.41) is 3.31. The molecule has 174 valence electrons. The van der Waals surface area contributed by atoms with E-state index in [2.05, 4.69) is 34.6 Å². The maximum Gasteiger partial charge on any atom is 0.261 e. The molecule has 0 unspecified atom stereocenters. The quantitative estimate of drug-likeness (QED) is 0.414. The second kappa shape index (κ2) is 10.7. The fourth-order valence-electron chi connectivity index (χ4n) is 4.06. The Balaban J connectivity index is 1.45. The molecule has 4 rings (SSSR count). The fourth-order valence-corrected chi connectivity index (χ4v) is 4.06. The van der Waals surface area contributed by atoms with E-state index in [0.29, 0.717) is 28.9 Å². The predicted octanol–water partition coefficient (Wildman–Crippen LogP) is 3.75. The Morgan fingerprint density at radius 3 is 2.12 bits per heavy atom. The van der Waals surface area contributed by atoms with Gasteiger partial charge < -0.3 is 14.8 Å². The first-order valence-corrected chi connectivity index (χ1v) is 11.1.